The minimum atomic E-state index is -0.493. The molecular formula is C20H13FN4O3S2. The largest absolute Gasteiger partial charge is 0.324 e. The molecule has 0 spiro atoms. The highest BCUT2D eigenvalue weighted by Crippen LogP contribution is 2.31. The van der Waals surface area contributed by atoms with Gasteiger partial charge < -0.3 is 0 Å². The lowest BCUT2D eigenvalue weighted by molar-refractivity contribution is -0.380. The van der Waals surface area contributed by atoms with E-state index in [1.807, 2.05) is 25.1 Å². The van der Waals surface area contributed by atoms with E-state index in [0.29, 0.717) is 10.0 Å². The number of nitro groups is 1. The summed E-state index contributed by atoms with van der Waals surface area (Å²) in [6.07, 6.45) is 1.37. The Hall–Kier alpha value is -3.50. The fourth-order valence-electron chi connectivity index (χ4n) is 2.64. The highest BCUT2D eigenvalue weighted by atomic mass is 32.1. The number of carbonyl (C=O) groups is 1. The Labute approximate surface area is 177 Å². The Morgan fingerprint density at radius 1 is 1.17 bits per heavy atom. The zero-order valence-corrected chi connectivity index (χ0v) is 17.1. The molecule has 0 radical (unpaired) electrons. The van der Waals surface area contributed by atoms with Gasteiger partial charge in [-0.1, -0.05) is 28.7 Å². The quantitative estimate of drug-likeness (QED) is 0.236. The predicted molar refractivity (Wildman–Crippen MR) is 116 cm³/mol. The Morgan fingerprint density at radius 2 is 1.93 bits per heavy atom. The lowest BCUT2D eigenvalue weighted by Gasteiger charge is -2.13. The predicted octanol–water partition coefficient (Wildman–Crippen LogP) is 5.39. The van der Waals surface area contributed by atoms with E-state index in [-0.39, 0.29) is 10.6 Å². The summed E-state index contributed by atoms with van der Waals surface area (Å²) in [6, 6.07) is 13.8. The van der Waals surface area contributed by atoms with Gasteiger partial charge in [-0.3, -0.25) is 14.9 Å². The molecule has 0 unspecified atom stereocenters. The van der Waals surface area contributed by atoms with Crippen LogP contribution in [0.4, 0.5) is 14.5 Å². The minimum absolute atomic E-state index is 0.0247. The summed E-state index contributed by atoms with van der Waals surface area (Å²) in [5, 5.41) is 16.6. The van der Waals surface area contributed by atoms with Crippen LogP contribution < -0.4 is 5.01 Å². The zero-order valence-electron chi connectivity index (χ0n) is 15.5. The fourth-order valence-corrected chi connectivity index (χ4v) is 4.35. The first kappa shape index (κ1) is 19.8. The third-order valence-electron chi connectivity index (χ3n) is 4.09. The standard InChI is InChI=1S/C20H13FN4O3S2/c1-12-2-8-16-17(10-12)30-20(23-16)24(19(26)13-3-5-14(21)6-4-13)22-11-15-7-9-18(29-15)25(27)28/h2-11H,1H3/b22-11+. The molecule has 10 heteroatoms. The van der Waals surface area contributed by atoms with Crippen molar-refractivity contribution in [1.82, 2.24) is 4.98 Å². The number of fused-ring (bicyclic) bond motifs is 1. The molecule has 1 amide bonds. The lowest BCUT2D eigenvalue weighted by atomic mass is 10.2. The molecule has 4 rings (SSSR count). The van der Waals surface area contributed by atoms with Crippen LogP contribution in [0.2, 0.25) is 0 Å². The van der Waals surface area contributed by atoms with E-state index >= 15 is 0 Å². The molecule has 150 valence electrons. The summed E-state index contributed by atoms with van der Waals surface area (Å²) in [6.45, 7) is 1.96. The number of aryl methyl sites for hydroxylation is 1. The topological polar surface area (TPSA) is 88.7 Å². The summed E-state index contributed by atoms with van der Waals surface area (Å²) in [7, 11) is 0. The van der Waals surface area contributed by atoms with Crippen molar-refractivity contribution in [2.75, 3.05) is 5.01 Å². The summed E-state index contributed by atoms with van der Waals surface area (Å²) in [5.41, 5.74) is 2.02. The van der Waals surface area contributed by atoms with Crippen molar-refractivity contribution in [2.45, 2.75) is 6.92 Å². The van der Waals surface area contributed by atoms with Crippen LogP contribution in [0.5, 0.6) is 0 Å². The van der Waals surface area contributed by atoms with Crippen LogP contribution in [0.1, 0.15) is 20.8 Å². The number of hydrogen-bond donors (Lipinski definition) is 0. The van der Waals surface area contributed by atoms with E-state index in [2.05, 4.69) is 10.1 Å². The number of amides is 1. The highest BCUT2D eigenvalue weighted by Gasteiger charge is 2.21. The van der Waals surface area contributed by atoms with Gasteiger partial charge in [-0.15, -0.1) is 0 Å². The minimum Gasteiger partial charge on any atom is -0.267 e. The molecule has 0 aliphatic carbocycles. The number of halogens is 1. The number of nitrogens with zero attached hydrogens (tertiary/aromatic N) is 4. The average Bonchev–Trinajstić information content (AvgIpc) is 3.35. The van der Waals surface area contributed by atoms with Gasteiger partial charge in [0.25, 0.3) is 5.91 Å². The molecule has 2 aromatic heterocycles. The molecule has 0 saturated carbocycles. The maximum absolute atomic E-state index is 13.3. The average molecular weight is 440 g/mol. The van der Waals surface area contributed by atoms with Crippen LogP contribution in [-0.4, -0.2) is 22.0 Å². The molecule has 7 nitrogen and oxygen atoms in total. The van der Waals surface area contributed by atoms with Crippen LogP contribution >= 0.6 is 22.7 Å². The molecular weight excluding hydrogens is 427 g/mol. The van der Waals surface area contributed by atoms with Crippen molar-refractivity contribution in [2.24, 2.45) is 5.10 Å². The van der Waals surface area contributed by atoms with Gasteiger partial charge in [0, 0.05) is 11.6 Å². The number of rotatable bonds is 5. The van der Waals surface area contributed by atoms with E-state index in [9.17, 15) is 19.3 Å². The van der Waals surface area contributed by atoms with Gasteiger partial charge in [-0.2, -0.15) is 10.1 Å². The number of hydrazone groups is 1. The number of aromatic nitrogens is 1. The second-order valence-electron chi connectivity index (χ2n) is 6.27. The first-order valence-corrected chi connectivity index (χ1v) is 10.3. The number of anilines is 1. The SMILES string of the molecule is Cc1ccc2nc(N(/N=C/c3ccc([N+](=O)[O-])s3)C(=O)c3ccc(F)cc3)sc2c1. The third kappa shape index (κ3) is 4.09. The van der Waals surface area contributed by atoms with Gasteiger partial charge in [-0.25, -0.2) is 9.37 Å². The van der Waals surface area contributed by atoms with Crippen molar-refractivity contribution < 1.29 is 14.1 Å². The number of thiazole rings is 1. The van der Waals surface area contributed by atoms with Crippen molar-refractivity contribution >= 4 is 55.1 Å². The van der Waals surface area contributed by atoms with Gasteiger partial charge >= 0.3 is 5.00 Å². The monoisotopic (exact) mass is 440 g/mol. The molecule has 0 N–H and O–H groups in total. The highest BCUT2D eigenvalue weighted by molar-refractivity contribution is 7.22. The maximum Gasteiger partial charge on any atom is 0.324 e. The van der Waals surface area contributed by atoms with E-state index in [1.54, 1.807) is 6.07 Å². The summed E-state index contributed by atoms with van der Waals surface area (Å²) >= 11 is 2.23. The molecule has 0 atom stereocenters. The lowest BCUT2D eigenvalue weighted by Crippen LogP contribution is -2.25. The Morgan fingerprint density at radius 3 is 2.63 bits per heavy atom. The summed E-state index contributed by atoms with van der Waals surface area (Å²) in [5.74, 6) is -0.948. The molecule has 0 bridgehead atoms. The van der Waals surface area contributed by atoms with Gasteiger partial charge in [0.1, 0.15) is 5.82 Å². The Balaban J connectivity index is 1.74. The normalized spacial score (nSPS) is 11.3. The van der Waals surface area contributed by atoms with Gasteiger partial charge in [0.05, 0.1) is 26.2 Å². The Kier molecular flexibility index (Phi) is 5.34. The van der Waals surface area contributed by atoms with E-state index < -0.39 is 16.6 Å². The van der Waals surface area contributed by atoms with E-state index in [4.69, 9.17) is 0 Å². The smallest absolute Gasteiger partial charge is 0.267 e. The second kappa shape index (κ2) is 8.09. The van der Waals surface area contributed by atoms with Crippen LogP contribution in [0.3, 0.4) is 0 Å². The van der Waals surface area contributed by atoms with Crippen LogP contribution in [0, 0.1) is 22.9 Å². The molecule has 2 heterocycles. The van der Waals surface area contributed by atoms with E-state index in [0.717, 1.165) is 32.1 Å². The second-order valence-corrected chi connectivity index (χ2v) is 8.37. The van der Waals surface area contributed by atoms with Crippen LogP contribution in [0.25, 0.3) is 10.2 Å². The molecule has 0 fully saturated rings. The first-order valence-electron chi connectivity index (χ1n) is 8.66. The zero-order chi connectivity index (χ0) is 21.3. The van der Waals surface area contributed by atoms with Gasteiger partial charge in [-0.05, 0) is 55.0 Å². The summed E-state index contributed by atoms with van der Waals surface area (Å²) in [4.78, 5) is 28.5. The molecule has 0 aliphatic heterocycles. The number of carbonyl (C=O) groups excluding carboxylic acids is 1. The van der Waals surface area contributed by atoms with Crippen LogP contribution in [0.15, 0.2) is 59.7 Å². The third-order valence-corrected chi connectivity index (χ3v) is 6.06. The van der Waals surface area contributed by atoms with Crippen molar-refractivity contribution in [3.05, 3.63) is 86.5 Å². The molecule has 0 saturated heterocycles. The van der Waals surface area contributed by atoms with Crippen molar-refractivity contribution in [3.63, 3.8) is 0 Å². The van der Waals surface area contributed by atoms with Crippen molar-refractivity contribution in [1.29, 1.82) is 0 Å². The van der Waals surface area contributed by atoms with E-state index in [1.165, 1.54) is 47.9 Å². The van der Waals surface area contributed by atoms with Gasteiger partial charge in [0.15, 0.2) is 0 Å². The molecule has 2 aromatic carbocycles. The van der Waals surface area contributed by atoms with Gasteiger partial charge in [0.2, 0.25) is 5.13 Å². The first-order chi connectivity index (χ1) is 14.4. The number of hydrogen-bond acceptors (Lipinski definition) is 7. The number of benzene rings is 2. The maximum atomic E-state index is 13.3. The number of thiophene rings is 1. The summed E-state index contributed by atoms with van der Waals surface area (Å²) < 4.78 is 14.2. The van der Waals surface area contributed by atoms with Crippen LogP contribution in [-0.2, 0) is 0 Å². The Bertz CT molecular complexity index is 1280. The molecule has 30 heavy (non-hydrogen) atoms. The molecule has 0 aliphatic rings. The fraction of sp³-hybridized carbons (Fsp3) is 0.0500. The van der Waals surface area contributed by atoms with Crippen molar-refractivity contribution in [3.8, 4) is 0 Å². The molecule has 4 aromatic rings.